The second-order valence-electron chi connectivity index (χ2n) is 5.83. The highest BCUT2D eigenvalue weighted by atomic mass is 79.9. The summed E-state index contributed by atoms with van der Waals surface area (Å²) in [5.41, 5.74) is 6.96. The Morgan fingerprint density at radius 2 is 2.22 bits per heavy atom. The third-order valence-electron chi connectivity index (χ3n) is 3.79. The van der Waals surface area contributed by atoms with E-state index in [4.69, 9.17) is 5.73 Å². The fourth-order valence-corrected chi connectivity index (χ4v) is 2.93. The van der Waals surface area contributed by atoms with Gasteiger partial charge in [-0.15, -0.1) is 0 Å². The Balaban J connectivity index is 2.08. The van der Waals surface area contributed by atoms with E-state index in [-0.39, 0.29) is 17.3 Å². The molecule has 2 N–H and O–H groups in total. The number of hydrogen-bond acceptors (Lipinski definition) is 2. The van der Waals surface area contributed by atoms with E-state index in [9.17, 15) is 4.39 Å². The number of rotatable bonds is 2. The summed E-state index contributed by atoms with van der Waals surface area (Å²) in [6, 6.07) is 5.34. The Morgan fingerprint density at radius 1 is 1.50 bits per heavy atom. The topological polar surface area (TPSA) is 29.3 Å². The second-order valence-corrected chi connectivity index (χ2v) is 6.75. The molecule has 100 valence electrons. The molecular formula is C14H20BrFN2. The van der Waals surface area contributed by atoms with E-state index >= 15 is 0 Å². The molecule has 0 bridgehead atoms. The molecule has 1 saturated heterocycles. The second kappa shape index (κ2) is 5.27. The highest BCUT2D eigenvalue weighted by molar-refractivity contribution is 9.10. The highest BCUT2D eigenvalue weighted by Gasteiger charge is 2.33. The summed E-state index contributed by atoms with van der Waals surface area (Å²) in [5.74, 6) is -0.133. The summed E-state index contributed by atoms with van der Waals surface area (Å²) in [5, 5.41) is 0. The van der Waals surface area contributed by atoms with Crippen LogP contribution < -0.4 is 5.73 Å². The molecule has 18 heavy (non-hydrogen) atoms. The average molecular weight is 315 g/mol. The van der Waals surface area contributed by atoms with Gasteiger partial charge in [-0.3, -0.25) is 4.90 Å². The zero-order valence-corrected chi connectivity index (χ0v) is 12.5. The predicted molar refractivity (Wildman–Crippen MR) is 75.8 cm³/mol. The number of halogens is 2. The van der Waals surface area contributed by atoms with Crippen LogP contribution in [0.5, 0.6) is 0 Å². The van der Waals surface area contributed by atoms with E-state index in [0.29, 0.717) is 6.54 Å². The van der Waals surface area contributed by atoms with Crippen LogP contribution in [0.1, 0.15) is 25.8 Å². The molecule has 4 heteroatoms. The normalized spacial score (nSPS) is 24.2. The van der Waals surface area contributed by atoms with Gasteiger partial charge in [0.2, 0.25) is 0 Å². The zero-order valence-electron chi connectivity index (χ0n) is 10.9. The van der Waals surface area contributed by atoms with Gasteiger partial charge in [0.1, 0.15) is 5.82 Å². The summed E-state index contributed by atoms with van der Waals surface area (Å²) in [6.45, 7) is 6.88. The van der Waals surface area contributed by atoms with E-state index in [0.717, 1.165) is 29.5 Å². The smallest absolute Gasteiger partial charge is 0.127 e. The van der Waals surface area contributed by atoms with Crippen molar-refractivity contribution in [2.24, 2.45) is 11.1 Å². The number of nitrogens with zero attached hydrogens (tertiary/aromatic N) is 1. The van der Waals surface area contributed by atoms with Crippen LogP contribution in [0.4, 0.5) is 4.39 Å². The van der Waals surface area contributed by atoms with Crippen molar-refractivity contribution >= 4 is 15.9 Å². The molecule has 2 nitrogen and oxygen atoms in total. The van der Waals surface area contributed by atoms with Gasteiger partial charge in [0.05, 0.1) is 0 Å². The summed E-state index contributed by atoms with van der Waals surface area (Å²) < 4.78 is 14.6. The molecule has 2 rings (SSSR count). The number of likely N-dealkylation sites (tertiary alicyclic amines) is 1. The third kappa shape index (κ3) is 3.11. The predicted octanol–water partition coefficient (Wildman–Crippen LogP) is 3.15. The van der Waals surface area contributed by atoms with Crippen molar-refractivity contribution in [2.75, 3.05) is 13.1 Å². The molecule has 1 fully saturated rings. The van der Waals surface area contributed by atoms with Gasteiger partial charge in [-0.2, -0.15) is 0 Å². The Hall–Kier alpha value is -0.450. The van der Waals surface area contributed by atoms with Crippen LogP contribution in [0, 0.1) is 11.2 Å². The Morgan fingerprint density at radius 3 is 2.89 bits per heavy atom. The van der Waals surface area contributed by atoms with E-state index in [1.54, 1.807) is 6.07 Å². The Labute approximate surface area is 116 Å². The molecule has 1 aromatic rings. The van der Waals surface area contributed by atoms with Crippen LogP contribution in [0.15, 0.2) is 22.7 Å². The molecule has 0 spiro atoms. The lowest BCUT2D eigenvalue weighted by Crippen LogP contribution is -2.52. The van der Waals surface area contributed by atoms with E-state index in [1.807, 2.05) is 6.07 Å². The van der Waals surface area contributed by atoms with E-state index in [1.165, 1.54) is 6.07 Å². The van der Waals surface area contributed by atoms with Crippen molar-refractivity contribution < 1.29 is 4.39 Å². The van der Waals surface area contributed by atoms with Gasteiger partial charge in [-0.25, -0.2) is 4.39 Å². The van der Waals surface area contributed by atoms with Crippen LogP contribution >= 0.6 is 15.9 Å². The van der Waals surface area contributed by atoms with Crippen molar-refractivity contribution in [2.45, 2.75) is 32.9 Å². The summed E-state index contributed by atoms with van der Waals surface area (Å²) >= 11 is 3.39. The van der Waals surface area contributed by atoms with Gasteiger partial charge in [-0.1, -0.05) is 29.8 Å². The van der Waals surface area contributed by atoms with Crippen molar-refractivity contribution in [3.8, 4) is 0 Å². The maximum Gasteiger partial charge on any atom is 0.127 e. The maximum absolute atomic E-state index is 13.7. The molecule has 0 amide bonds. The first kappa shape index (κ1) is 14.0. The fourth-order valence-electron chi connectivity index (χ4n) is 2.53. The zero-order chi connectivity index (χ0) is 13.3. The van der Waals surface area contributed by atoms with Crippen LogP contribution in [-0.4, -0.2) is 24.0 Å². The SMILES string of the molecule is CC1(C)CN(Cc2cc(Br)ccc2F)CCC1N. The van der Waals surface area contributed by atoms with Crippen LogP contribution in [0.3, 0.4) is 0 Å². The molecule has 0 aliphatic carbocycles. The minimum absolute atomic E-state index is 0.0980. The lowest BCUT2D eigenvalue weighted by molar-refractivity contribution is 0.0890. The molecule has 1 heterocycles. The quantitative estimate of drug-likeness (QED) is 0.908. The van der Waals surface area contributed by atoms with Crippen molar-refractivity contribution in [1.82, 2.24) is 4.90 Å². The van der Waals surface area contributed by atoms with Gasteiger partial charge in [0.15, 0.2) is 0 Å². The highest BCUT2D eigenvalue weighted by Crippen LogP contribution is 2.29. The van der Waals surface area contributed by atoms with Crippen LogP contribution in [-0.2, 0) is 6.54 Å². The molecule has 0 saturated carbocycles. The largest absolute Gasteiger partial charge is 0.327 e. The molecule has 0 aromatic heterocycles. The Bertz CT molecular complexity index is 434. The van der Waals surface area contributed by atoms with Gasteiger partial charge < -0.3 is 5.73 Å². The van der Waals surface area contributed by atoms with Crippen LogP contribution in [0.25, 0.3) is 0 Å². The number of hydrogen-bond donors (Lipinski definition) is 1. The molecule has 1 atom stereocenters. The maximum atomic E-state index is 13.7. The van der Waals surface area contributed by atoms with Gasteiger partial charge in [0.25, 0.3) is 0 Å². The summed E-state index contributed by atoms with van der Waals surface area (Å²) in [6.07, 6.45) is 0.975. The molecule has 1 unspecified atom stereocenters. The number of benzene rings is 1. The van der Waals surface area contributed by atoms with Crippen molar-refractivity contribution in [3.63, 3.8) is 0 Å². The van der Waals surface area contributed by atoms with Crippen molar-refractivity contribution in [3.05, 3.63) is 34.1 Å². The van der Waals surface area contributed by atoms with E-state index in [2.05, 4.69) is 34.7 Å². The minimum Gasteiger partial charge on any atom is -0.327 e. The summed E-state index contributed by atoms with van der Waals surface area (Å²) in [7, 11) is 0. The van der Waals surface area contributed by atoms with E-state index < -0.39 is 0 Å². The molecule has 1 aliphatic heterocycles. The Kier molecular flexibility index (Phi) is 4.09. The standard InChI is InChI=1S/C14H20BrFN2/c1-14(2)9-18(6-5-13(14)17)8-10-7-11(15)3-4-12(10)16/h3-4,7,13H,5-6,8-9,17H2,1-2H3. The molecule has 0 radical (unpaired) electrons. The lowest BCUT2D eigenvalue weighted by Gasteiger charge is -2.42. The van der Waals surface area contributed by atoms with Crippen molar-refractivity contribution in [1.29, 1.82) is 0 Å². The summed E-state index contributed by atoms with van der Waals surface area (Å²) in [4.78, 5) is 2.29. The first-order valence-corrected chi connectivity index (χ1v) is 7.10. The number of piperidine rings is 1. The average Bonchev–Trinajstić information content (AvgIpc) is 2.28. The first-order valence-electron chi connectivity index (χ1n) is 6.30. The fraction of sp³-hybridized carbons (Fsp3) is 0.571. The monoisotopic (exact) mass is 314 g/mol. The van der Waals surface area contributed by atoms with Crippen LogP contribution in [0.2, 0.25) is 0 Å². The minimum atomic E-state index is -0.133. The third-order valence-corrected chi connectivity index (χ3v) is 4.29. The molecule has 1 aliphatic rings. The van der Waals surface area contributed by atoms with Gasteiger partial charge in [0, 0.05) is 35.7 Å². The lowest BCUT2D eigenvalue weighted by atomic mass is 9.79. The number of nitrogens with two attached hydrogens (primary N) is 1. The molecule has 1 aromatic carbocycles. The van der Waals surface area contributed by atoms with Gasteiger partial charge in [-0.05, 0) is 30.0 Å². The molecular weight excluding hydrogens is 295 g/mol. The van der Waals surface area contributed by atoms with Gasteiger partial charge >= 0.3 is 0 Å². The first-order chi connectivity index (χ1) is 8.38.